The second-order valence-electron chi connectivity index (χ2n) is 5.94. The molecule has 0 spiro atoms. The summed E-state index contributed by atoms with van der Waals surface area (Å²) in [5.74, 6) is -1.30. The number of hydrogen-bond acceptors (Lipinski definition) is 3. The van der Waals surface area contributed by atoms with E-state index in [-0.39, 0.29) is 5.91 Å². The summed E-state index contributed by atoms with van der Waals surface area (Å²) >= 11 is 0. The number of fused-ring (bicyclic) bond motifs is 1. The van der Waals surface area contributed by atoms with E-state index >= 15 is 0 Å². The van der Waals surface area contributed by atoms with Crippen molar-refractivity contribution in [2.45, 2.75) is 25.5 Å². The molecule has 0 bridgehead atoms. The van der Waals surface area contributed by atoms with Gasteiger partial charge in [0.15, 0.2) is 6.10 Å². The van der Waals surface area contributed by atoms with Crippen LogP contribution in [0.2, 0.25) is 0 Å². The number of aliphatic carboxylic acids is 1. The zero-order valence-electron chi connectivity index (χ0n) is 13.3. The van der Waals surface area contributed by atoms with Gasteiger partial charge in [-0.1, -0.05) is 48.5 Å². The molecule has 0 aromatic heterocycles. The highest BCUT2D eigenvalue weighted by atomic mass is 16.5. The quantitative estimate of drug-likeness (QED) is 0.886. The van der Waals surface area contributed by atoms with Gasteiger partial charge in [0.05, 0.1) is 12.0 Å². The summed E-state index contributed by atoms with van der Waals surface area (Å²) in [6, 6.07) is 16.0. The molecule has 124 valence electrons. The van der Waals surface area contributed by atoms with Gasteiger partial charge in [0.2, 0.25) is 0 Å². The monoisotopic (exact) mass is 325 g/mol. The van der Waals surface area contributed by atoms with Crippen molar-refractivity contribution in [2.75, 3.05) is 0 Å². The number of carboxylic acid groups (broad SMARTS) is 1. The largest absolute Gasteiger partial charge is 0.481 e. The van der Waals surface area contributed by atoms with E-state index in [9.17, 15) is 14.7 Å². The SMILES string of the molecule is CC(C(=O)O)C(NC(=O)C1Cc2ccccc2O1)c1ccccc1. The van der Waals surface area contributed by atoms with Crippen LogP contribution in [0, 0.1) is 5.92 Å². The van der Waals surface area contributed by atoms with Gasteiger partial charge in [0.25, 0.3) is 5.91 Å². The molecular formula is C19H19NO4. The van der Waals surface area contributed by atoms with Gasteiger partial charge < -0.3 is 15.2 Å². The topological polar surface area (TPSA) is 75.6 Å². The smallest absolute Gasteiger partial charge is 0.308 e. The number of hydrogen-bond donors (Lipinski definition) is 2. The van der Waals surface area contributed by atoms with Crippen LogP contribution in [0.25, 0.3) is 0 Å². The van der Waals surface area contributed by atoms with E-state index in [4.69, 9.17) is 4.74 Å². The summed E-state index contributed by atoms with van der Waals surface area (Å²) in [7, 11) is 0. The van der Waals surface area contributed by atoms with Gasteiger partial charge in [-0.25, -0.2) is 0 Å². The molecular weight excluding hydrogens is 306 g/mol. The van der Waals surface area contributed by atoms with E-state index in [1.165, 1.54) is 0 Å². The van der Waals surface area contributed by atoms with Crippen molar-refractivity contribution in [2.24, 2.45) is 5.92 Å². The summed E-state index contributed by atoms with van der Waals surface area (Å²) in [5, 5.41) is 12.2. The van der Waals surface area contributed by atoms with Gasteiger partial charge in [-0.3, -0.25) is 9.59 Å². The molecule has 1 aliphatic heterocycles. The van der Waals surface area contributed by atoms with E-state index in [0.717, 1.165) is 11.1 Å². The first-order valence-corrected chi connectivity index (χ1v) is 7.89. The van der Waals surface area contributed by atoms with Gasteiger partial charge in [-0.15, -0.1) is 0 Å². The van der Waals surface area contributed by atoms with Crippen molar-refractivity contribution in [3.63, 3.8) is 0 Å². The Bertz CT molecular complexity index is 719. The molecule has 3 unspecified atom stereocenters. The lowest BCUT2D eigenvalue weighted by Gasteiger charge is -2.24. The Morgan fingerprint density at radius 3 is 2.46 bits per heavy atom. The van der Waals surface area contributed by atoms with Crippen LogP contribution in [0.5, 0.6) is 5.75 Å². The molecule has 5 heteroatoms. The van der Waals surface area contributed by atoms with Crippen LogP contribution >= 0.6 is 0 Å². The molecule has 3 atom stereocenters. The minimum atomic E-state index is -0.959. The molecule has 0 radical (unpaired) electrons. The first-order valence-electron chi connectivity index (χ1n) is 7.89. The van der Waals surface area contributed by atoms with Crippen LogP contribution in [0.3, 0.4) is 0 Å². The van der Waals surface area contributed by atoms with E-state index in [1.54, 1.807) is 6.92 Å². The minimum absolute atomic E-state index is 0.298. The molecule has 1 aliphatic rings. The fourth-order valence-electron chi connectivity index (χ4n) is 2.87. The van der Waals surface area contributed by atoms with Crippen LogP contribution < -0.4 is 10.1 Å². The Labute approximate surface area is 140 Å². The van der Waals surface area contributed by atoms with E-state index < -0.39 is 24.0 Å². The molecule has 0 fully saturated rings. The van der Waals surface area contributed by atoms with Gasteiger partial charge in [-0.2, -0.15) is 0 Å². The zero-order chi connectivity index (χ0) is 17.1. The molecule has 2 aromatic rings. The lowest BCUT2D eigenvalue weighted by Crippen LogP contribution is -2.42. The van der Waals surface area contributed by atoms with E-state index in [0.29, 0.717) is 12.2 Å². The number of carbonyl (C=O) groups is 2. The third-order valence-corrected chi connectivity index (χ3v) is 4.29. The molecule has 5 nitrogen and oxygen atoms in total. The Hall–Kier alpha value is -2.82. The standard InChI is InChI=1S/C19H19NO4/c1-12(19(22)23)17(13-7-3-2-4-8-13)20-18(21)16-11-14-9-5-6-10-15(14)24-16/h2-10,12,16-17H,11H2,1H3,(H,20,21)(H,22,23). The third-order valence-electron chi connectivity index (χ3n) is 4.29. The van der Waals surface area contributed by atoms with Gasteiger partial charge >= 0.3 is 5.97 Å². The maximum Gasteiger partial charge on any atom is 0.308 e. The van der Waals surface area contributed by atoms with Crippen LogP contribution in [-0.2, 0) is 16.0 Å². The Balaban J connectivity index is 1.76. The van der Waals surface area contributed by atoms with E-state index in [1.807, 2.05) is 54.6 Å². The van der Waals surface area contributed by atoms with E-state index in [2.05, 4.69) is 5.32 Å². The predicted octanol–water partition coefficient (Wildman–Crippen LogP) is 2.57. The molecule has 3 rings (SSSR count). The number of ether oxygens (including phenoxy) is 1. The summed E-state index contributed by atoms with van der Waals surface area (Å²) < 4.78 is 5.69. The van der Waals surface area contributed by atoms with Gasteiger partial charge in [-0.05, 0) is 24.1 Å². The summed E-state index contributed by atoms with van der Waals surface area (Å²) in [5.41, 5.74) is 1.75. The maximum atomic E-state index is 12.6. The molecule has 1 heterocycles. The molecule has 0 saturated carbocycles. The Morgan fingerprint density at radius 2 is 1.79 bits per heavy atom. The number of benzene rings is 2. The fourth-order valence-corrected chi connectivity index (χ4v) is 2.87. The highest BCUT2D eigenvalue weighted by Gasteiger charge is 2.33. The van der Waals surface area contributed by atoms with Crippen LogP contribution in [-0.4, -0.2) is 23.1 Å². The normalized spacial score (nSPS) is 18.1. The van der Waals surface area contributed by atoms with Crippen molar-refractivity contribution < 1.29 is 19.4 Å². The van der Waals surface area contributed by atoms with Crippen molar-refractivity contribution in [1.29, 1.82) is 0 Å². The van der Waals surface area contributed by atoms with Gasteiger partial charge in [0.1, 0.15) is 5.75 Å². The zero-order valence-corrected chi connectivity index (χ0v) is 13.3. The Kier molecular flexibility index (Phi) is 4.51. The van der Waals surface area contributed by atoms with Crippen molar-refractivity contribution in [3.05, 3.63) is 65.7 Å². The van der Waals surface area contributed by atoms with Crippen LogP contribution in [0.1, 0.15) is 24.1 Å². The molecule has 2 N–H and O–H groups in total. The lowest BCUT2D eigenvalue weighted by molar-refractivity contribution is -0.142. The van der Waals surface area contributed by atoms with Gasteiger partial charge in [0, 0.05) is 6.42 Å². The molecule has 1 amide bonds. The van der Waals surface area contributed by atoms with Crippen molar-refractivity contribution in [3.8, 4) is 5.75 Å². The first-order chi connectivity index (χ1) is 11.6. The summed E-state index contributed by atoms with van der Waals surface area (Å²) in [4.78, 5) is 24.0. The lowest BCUT2D eigenvalue weighted by atomic mass is 9.94. The van der Waals surface area contributed by atoms with Crippen molar-refractivity contribution in [1.82, 2.24) is 5.32 Å². The second kappa shape index (κ2) is 6.74. The second-order valence-corrected chi connectivity index (χ2v) is 5.94. The Morgan fingerprint density at radius 1 is 1.12 bits per heavy atom. The molecule has 2 aromatic carbocycles. The summed E-state index contributed by atoms with van der Waals surface area (Å²) in [6.45, 7) is 1.59. The summed E-state index contributed by atoms with van der Waals surface area (Å²) in [6.07, 6.45) is -0.139. The average molecular weight is 325 g/mol. The number of rotatable bonds is 5. The molecule has 0 saturated heterocycles. The van der Waals surface area contributed by atoms with Crippen molar-refractivity contribution >= 4 is 11.9 Å². The highest BCUT2D eigenvalue weighted by Crippen LogP contribution is 2.29. The number of carbonyl (C=O) groups excluding carboxylic acids is 1. The maximum absolute atomic E-state index is 12.6. The number of carboxylic acids is 1. The number of nitrogens with one attached hydrogen (secondary N) is 1. The fraction of sp³-hybridized carbons (Fsp3) is 0.263. The first kappa shape index (κ1) is 16.1. The number of amides is 1. The molecule has 0 aliphatic carbocycles. The van der Waals surface area contributed by atoms with Crippen LogP contribution in [0.15, 0.2) is 54.6 Å². The average Bonchev–Trinajstić information content (AvgIpc) is 3.04. The highest BCUT2D eigenvalue weighted by molar-refractivity contribution is 5.83. The third kappa shape index (κ3) is 3.25. The van der Waals surface area contributed by atoms with Crippen LogP contribution in [0.4, 0.5) is 0 Å². The molecule has 24 heavy (non-hydrogen) atoms. The minimum Gasteiger partial charge on any atom is -0.481 e. The predicted molar refractivity (Wildman–Crippen MR) is 88.7 cm³/mol. The number of para-hydroxylation sites is 1.